The van der Waals surface area contributed by atoms with Gasteiger partial charge in [0.25, 0.3) is 0 Å². The van der Waals surface area contributed by atoms with E-state index in [1.54, 1.807) is 12.1 Å². The van der Waals surface area contributed by atoms with Crippen LogP contribution in [0, 0.1) is 11.6 Å². The Balaban J connectivity index is 1.27. The van der Waals surface area contributed by atoms with Crippen molar-refractivity contribution in [2.45, 2.75) is 51.4 Å². The molecule has 1 fully saturated rings. The topological polar surface area (TPSA) is 76.8 Å². The number of aromatic carboxylic acids is 1. The first-order chi connectivity index (χ1) is 20.5. The van der Waals surface area contributed by atoms with Crippen molar-refractivity contribution in [3.63, 3.8) is 0 Å². The molecule has 6 rings (SSSR count). The van der Waals surface area contributed by atoms with Crippen LogP contribution in [-0.2, 0) is 43.6 Å². The lowest BCUT2D eigenvalue weighted by atomic mass is 9.96. The van der Waals surface area contributed by atoms with Crippen LogP contribution in [0.15, 0.2) is 42.5 Å². The molecular formula is C30H25ClF5N3O4. The van der Waals surface area contributed by atoms with Crippen LogP contribution in [0.4, 0.5) is 22.0 Å². The van der Waals surface area contributed by atoms with Crippen LogP contribution < -0.4 is 4.74 Å². The molecular weight excluding hydrogens is 597 g/mol. The monoisotopic (exact) mass is 621 g/mol. The molecule has 0 spiro atoms. The van der Waals surface area contributed by atoms with E-state index in [9.17, 15) is 31.9 Å². The number of alkyl halides is 3. The number of hydrogen-bond donors (Lipinski definition) is 1. The maximum absolute atomic E-state index is 14.3. The second-order valence-corrected chi connectivity index (χ2v) is 11.0. The van der Waals surface area contributed by atoms with Crippen molar-refractivity contribution in [2.75, 3.05) is 13.2 Å². The molecule has 0 bridgehead atoms. The minimum absolute atomic E-state index is 0.0221. The molecule has 226 valence electrons. The quantitative estimate of drug-likeness (QED) is 0.176. The van der Waals surface area contributed by atoms with Gasteiger partial charge < -0.3 is 19.1 Å². The maximum atomic E-state index is 14.3. The molecule has 1 aromatic heterocycles. The van der Waals surface area contributed by atoms with Crippen molar-refractivity contribution >= 4 is 28.6 Å². The number of carboxylic acids is 1. The van der Waals surface area contributed by atoms with E-state index < -0.39 is 46.7 Å². The Labute approximate surface area is 247 Å². The Morgan fingerprint density at radius 1 is 1.12 bits per heavy atom. The summed E-state index contributed by atoms with van der Waals surface area (Å²) < 4.78 is 83.1. The Bertz CT molecular complexity index is 1720. The summed E-state index contributed by atoms with van der Waals surface area (Å²) in [6.07, 6.45) is -3.54. The van der Waals surface area contributed by atoms with Gasteiger partial charge >= 0.3 is 12.1 Å². The standard InChI is InChI=1S/C30H25ClF5N3O4/c31-22-3-1-18(27(32)28(22)33)15-43-25-11-19-12-38(7-5-16(19)9-21(25)30(34,35)36)14-26-37-23-4-2-17(29(40)41)10-24(23)39(26)13-20-6-8-42-20/h1-4,9-11,20H,5-8,12-15H2,(H,40,41)/t20-/m0/s1. The highest BCUT2D eigenvalue weighted by atomic mass is 35.5. The van der Waals surface area contributed by atoms with Crippen LogP contribution in [0.2, 0.25) is 5.02 Å². The molecule has 0 amide bonds. The second-order valence-electron chi connectivity index (χ2n) is 10.6. The highest BCUT2D eigenvalue weighted by Crippen LogP contribution is 2.40. The van der Waals surface area contributed by atoms with E-state index in [4.69, 9.17) is 26.1 Å². The van der Waals surface area contributed by atoms with Crippen molar-refractivity contribution in [3.8, 4) is 5.75 Å². The molecule has 1 saturated heterocycles. The van der Waals surface area contributed by atoms with E-state index in [0.717, 1.165) is 24.6 Å². The van der Waals surface area contributed by atoms with Crippen molar-refractivity contribution < 1.29 is 41.3 Å². The van der Waals surface area contributed by atoms with E-state index >= 15 is 0 Å². The number of carboxylic acid groups (broad SMARTS) is 1. The molecule has 3 heterocycles. The number of rotatable bonds is 8. The first-order valence-corrected chi connectivity index (χ1v) is 13.9. The number of carbonyl (C=O) groups is 1. The van der Waals surface area contributed by atoms with Crippen molar-refractivity contribution in [1.82, 2.24) is 14.5 Å². The SMILES string of the molecule is O=C(O)c1ccc2nc(CN3CCc4cc(C(F)(F)F)c(OCc5ccc(Cl)c(F)c5F)cc4C3)n(C[C@@H]3CCO3)c2c1. The molecule has 0 radical (unpaired) electrons. The van der Waals surface area contributed by atoms with Crippen LogP contribution in [0.5, 0.6) is 5.75 Å². The normalized spacial score (nSPS) is 17.1. The smallest absolute Gasteiger partial charge is 0.419 e. The molecule has 1 N–H and O–H groups in total. The highest BCUT2D eigenvalue weighted by Gasteiger charge is 2.36. The summed E-state index contributed by atoms with van der Waals surface area (Å²) in [4.78, 5) is 18.4. The minimum Gasteiger partial charge on any atom is -0.488 e. The first kappa shape index (κ1) is 29.3. The molecule has 7 nitrogen and oxygen atoms in total. The number of ether oxygens (including phenoxy) is 2. The van der Waals surface area contributed by atoms with E-state index in [0.29, 0.717) is 60.6 Å². The van der Waals surface area contributed by atoms with Gasteiger partial charge in [0.1, 0.15) is 18.2 Å². The van der Waals surface area contributed by atoms with Gasteiger partial charge in [-0.3, -0.25) is 4.90 Å². The summed E-state index contributed by atoms with van der Waals surface area (Å²) >= 11 is 5.58. The van der Waals surface area contributed by atoms with Gasteiger partial charge in [0.2, 0.25) is 0 Å². The summed E-state index contributed by atoms with van der Waals surface area (Å²) in [6, 6.07) is 9.36. The Morgan fingerprint density at radius 3 is 2.60 bits per heavy atom. The zero-order valence-electron chi connectivity index (χ0n) is 22.6. The average molecular weight is 622 g/mol. The van der Waals surface area contributed by atoms with Crippen LogP contribution >= 0.6 is 11.6 Å². The Hall–Kier alpha value is -3.74. The predicted molar refractivity (Wildman–Crippen MR) is 146 cm³/mol. The molecule has 0 saturated carbocycles. The highest BCUT2D eigenvalue weighted by molar-refractivity contribution is 6.30. The molecule has 3 aromatic carbocycles. The zero-order chi connectivity index (χ0) is 30.5. The molecule has 4 aromatic rings. The number of imidazole rings is 1. The van der Waals surface area contributed by atoms with Gasteiger partial charge in [0, 0.05) is 25.3 Å². The molecule has 1 atom stereocenters. The number of halogens is 6. The largest absolute Gasteiger partial charge is 0.488 e. The molecule has 13 heteroatoms. The summed E-state index contributed by atoms with van der Waals surface area (Å²) in [6.45, 7) is 1.63. The molecule has 0 aliphatic carbocycles. The third-order valence-electron chi connectivity index (χ3n) is 7.82. The van der Waals surface area contributed by atoms with Crippen LogP contribution in [0.1, 0.15) is 44.9 Å². The van der Waals surface area contributed by atoms with Crippen LogP contribution in [-0.4, -0.2) is 44.8 Å². The lowest BCUT2D eigenvalue weighted by molar-refractivity contribution is -0.139. The fourth-order valence-corrected chi connectivity index (χ4v) is 5.56. The van der Waals surface area contributed by atoms with Gasteiger partial charge in [0.15, 0.2) is 11.6 Å². The van der Waals surface area contributed by atoms with E-state index in [1.165, 1.54) is 12.1 Å². The van der Waals surface area contributed by atoms with Gasteiger partial charge in [-0.1, -0.05) is 17.7 Å². The summed E-state index contributed by atoms with van der Waals surface area (Å²) in [7, 11) is 0. The Morgan fingerprint density at radius 2 is 1.91 bits per heavy atom. The fraction of sp³-hybridized carbons (Fsp3) is 0.333. The summed E-state index contributed by atoms with van der Waals surface area (Å²) in [5, 5.41) is 9.04. The molecule has 43 heavy (non-hydrogen) atoms. The van der Waals surface area contributed by atoms with E-state index in [2.05, 4.69) is 0 Å². The summed E-state index contributed by atoms with van der Waals surface area (Å²) in [5.41, 5.74) is 1.29. The van der Waals surface area contributed by atoms with Crippen molar-refractivity contribution in [2.24, 2.45) is 0 Å². The lowest BCUT2D eigenvalue weighted by Gasteiger charge is -2.31. The van der Waals surface area contributed by atoms with Gasteiger partial charge in [-0.05, 0) is 60.4 Å². The average Bonchev–Trinajstić information content (AvgIpc) is 3.27. The van der Waals surface area contributed by atoms with Crippen molar-refractivity contribution in [1.29, 1.82) is 0 Å². The minimum atomic E-state index is -4.73. The van der Waals surface area contributed by atoms with Crippen molar-refractivity contribution in [3.05, 3.63) is 92.8 Å². The third-order valence-corrected chi connectivity index (χ3v) is 8.11. The van der Waals surface area contributed by atoms with E-state index in [-0.39, 0.29) is 23.8 Å². The second kappa shape index (κ2) is 11.4. The maximum Gasteiger partial charge on any atom is 0.419 e. The Kier molecular flexibility index (Phi) is 7.78. The number of aromatic nitrogens is 2. The molecule has 2 aliphatic heterocycles. The number of nitrogens with zero attached hydrogens (tertiary/aromatic N) is 3. The first-order valence-electron chi connectivity index (χ1n) is 13.5. The predicted octanol–water partition coefficient (Wildman–Crippen LogP) is 6.61. The number of benzene rings is 3. The summed E-state index contributed by atoms with van der Waals surface area (Å²) in [5.74, 6) is -3.44. The lowest BCUT2D eigenvalue weighted by Crippen LogP contribution is -2.34. The van der Waals surface area contributed by atoms with Crippen LogP contribution in [0.3, 0.4) is 0 Å². The fourth-order valence-electron chi connectivity index (χ4n) is 5.42. The number of fused-ring (bicyclic) bond motifs is 2. The van der Waals surface area contributed by atoms with Gasteiger partial charge in [0.05, 0.1) is 46.4 Å². The zero-order valence-corrected chi connectivity index (χ0v) is 23.3. The molecule has 2 aliphatic rings. The van der Waals surface area contributed by atoms with Gasteiger partial charge in [-0.25, -0.2) is 18.6 Å². The van der Waals surface area contributed by atoms with Crippen LogP contribution in [0.25, 0.3) is 11.0 Å². The van der Waals surface area contributed by atoms with Gasteiger partial charge in [-0.15, -0.1) is 0 Å². The molecule has 0 unspecified atom stereocenters. The number of hydrogen-bond acceptors (Lipinski definition) is 5. The van der Waals surface area contributed by atoms with E-state index in [1.807, 2.05) is 9.47 Å². The third kappa shape index (κ3) is 5.91. The van der Waals surface area contributed by atoms with Gasteiger partial charge in [-0.2, -0.15) is 13.2 Å².